The lowest BCUT2D eigenvalue weighted by molar-refractivity contribution is 0.0572. The summed E-state index contributed by atoms with van der Waals surface area (Å²) in [5.74, 6) is -1.05. The molecule has 1 unspecified atom stereocenters. The van der Waals surface area contributed by atoms with Crippen molar-refractivity contribution in [3.05, 3.63) is 46.2 Å². The zero-order valence-corrected chi connectivity index (χ0v) is 26.2. The topological polar surface area (TPSA) is 98.4 Å². The van der Waals surface area contributed by atoms with Gasteiger partial charge in [-0.25, -0.2) is 4.39 Å². The lowest BCUT2D eigenvalue weighted by Crippen LogP contribution is -2.51. The molecule has 236 valence electrons. The van der Waals surface area contributed by atoms with Gasteiger partial charge in [-0.05, 0) is 70.3 Å². The third kappa shape index (κ3) is 8.17. The van der Waals surface area contributed by atoms with E-state index in [0.29, 0.717) is 51.2 Å². The Balaban J connectivity index is 1.75. The van der Waals surface area contributed by atoms with Gasteiger partial charge in [-0.1, -0.05) is 11.6 Å². The average molecular weight is 620 g/mol. The minimum atomic E-state index is -0.668. The third-order valence-corrected chi connectivity index (χ3v) is 8.19. The van der Waals surface area contributed by atoms with Gasteiger partial charge in [0, 0.05) is 74.7 Å². The van der Waals surface area contributed by atoms with Gasteiger partial charge in [-0.3, -0.25) is 9.59 Å². The van der Waals surface area contributed by atoms with Crippen molar-refractivity contribution in [2.75, 3.05) is 53.7 Å². The highest BCUT2D eigenvalue weighted by Gasteiger charge is 2.31. The van der Waals surface area contributed by atoms with E-state index in [9.17, 15) is 9.59 Å². The van der Waals surface area contributed by atoms with Crippen molar-refractivity contribution in [2.45, 2.75) is 64.1 Å². The van der Waals surface area contributed by atoms with E-state index >= 15 is 4.39 Å². The number of ether oxygens (including phenoxy) is 4. The summed E-state index contributed by atoms with van der Waals surface area (Å²) in [7, 11) is 2.95. The maximum absolute atomic E-state index is 15.9. The molecule has 9 nitrogen and oxygen atoms in total. The molecule has 2 aromatic rings. The van der Waals surface area contributed by atoms with Crippen LogP contribution in [0.1, 0.15) is 66.7 Å². The fourth-order valence-corrected chi connectivity index (χ4v) is 5.89. The number of hydrogen-bond acceptors (Lipinski definition) is 7. The molecule has 0 aromatic heterocycles. The van der Waals surface area contributed by atoms with Crippen LogP contribution in [0, 0.1) is 5.82 Å². The highest BCUT2D eigenvalue weighted by Crippen LogP contribution is 2.40. The largest absolute Gasteiger partial charge is 0.494 e. The van der Waals surface area contributed by atoms with Crippen molar-refractivity contribution in [2.24, 2.45) is 0 Å². The fraction of sp³-hybridized carbons (Fsp3) is 0.562. The van der Waals surface area contributed by atoms with Gasteiger partial charge in [0.1, 0.15) is 5.75 Å². The molecular formula is C32H43ClFN3O6. The van der Waals surface area contributed by atoms with Crippen LogP contribution in [-0.2, 0) is 9.47 Å². The molecule has 2 fully saturated rings. The predicted octanol–water partition coefficient (Wildman–Crippen LogP) is 5.08. The van der Waals surface area contributed by atoms with Crippen LogP contribution in [0.2, 0.25) is 5.02 Å². The standard InChI is InChI=1S/C32H43ClFN3O6/c1-20(2)37(23-7-5-10-35-19-23)32(39)26-18-28(43-12-6-11-40-3)24(17-27(26)33)25-15-21(16-29(41-4)30(25)34)31(38)36-22-8-13-42-14-9-22/h15-18,20,22-23,35H,5-14,19H2,1-4H3,(H,36,38). The van der Waals surface area contributed by atoms with Gasteiger partial charge >= 0.3 is 0 Å². The van der Waals surface area contributed by atoms with Crippen LogP contribution in [0.3, 0.4) is 0 Å². The Bertz CT molecular complexity index is 1260. The molecule has 0 radical (unpaired) electrons. The highest BCUT2D eigenvalue weighted by atomic mass is 35.5. The van der Waals surface area contributed by atoms with Gasteiger partial charge in [0.05, 0.1) is 24.3 Å². The second kappa shape index (κ2) is 15.7. The number of hydrogen-bond donors (Lipinski definition) is 2. The van der Waals surface area contributed by atoms with Crippen LogP contribution in [0.5, 0.6) is 11.5 Å². The molecule has 2 heterocycles. The number of amides is 2. The Labute approximate surface area is 258 Å². The number of carbonyl (C=O) groups is 2. The van der Waals surface area contributed by atoms with Crippen molar-refractivity contribution in [3.63, 3.8) is 0 Å². The number of nitrogens with zero attached hydrogens (tertiary/aromatic N) is 1. The lowest BCUT2D eigenvalue weighted by atomic mass is 9.97. The molecule has 2 N–H and O–H groups in total. The second-order valence-electron chi connectivity index (χ2n) is 11.2. The van der Waals surface area contributed by atoms with Crippen molar-refractivity contribution in [1.82, 2.24) is 15.5 Å². The number of nitrogens with one attached hydrogen (secondary N) is 2. The fourth-order valence-electron chi connectivity index (χ4n) is 5.65. The van der Waals surface area contributed by atoms with E-state index in [1.807, 2.05) is 18.7 Å². The van der Waals surface area contributed by atoms with E-state index in [4.69, 9.17) is 30.5 Å². The molecular weight excluding hydrogens is 577 g/mol. The molecule has 0 spiro atoms. The number of piperidine rings is 1. The first kappa shape index (κ1) is 33.0. The first-order valence-electron chi connectivity index (χ1n) is 15.0. The average Bonchev–Trinajstić information content (AvgIpc) is 3.00. The molecule has 0 saturated carbocycles. The number of benzene rings is 2. The number of methoxy groups -OCH3 is 2. The molecule has 0 aliphatic carbocycles. The number of halogens is 2. The zero-order chi connectivity index (χ0) is 30.9. The van der Waals surface area contributed by atoms with E-state index in [1.165, 1.54) is 25.3 Å². The van der Waals surface area contributed by atoms with Crippen molar-refractivity contribution < 1.29 is 32.9 Å². The predicted molar refractivity (Wildman–Crippen MR) is 164 cm³/mol. The first-order valence-corrected chi connectivity index (χ1v) is 15.4. The Morgan fingerprint density at radius 1 is 1.09 bits per heavy atom. The van der Waals surface area contributed by atoms with Crippen molar-refractivity contribution in [3.8, 4) is 22.6 Å². The summed E-state index contributed by atoms with van der Waals surface area (Å²) < 4.78 is 37.9. The van der Waals surface area contributed by atoms with Crippen LogP contribution in [-0.4, -0.2) is 88.6 Å². The maximum atomic E-state index is 15.9. The molecule has 2 aliphatic heterocycles. The van der Waals surface area contributed by atoms with Gasteiger partial charge in [0.15, 0.2) is 11.6 Å². The SMILES string of the molecule is COCCCOc1cc(C(=O)N(C(C)C)C2CCCNC2)c(Cl)cc1-c1cc(C(=O)NC2CCOCC2)cc(OC)c1F. The molecule has 2 saturated heterocycles. The van der Waals surface area contributed by atoms with Gasteiger partial charge in [0.25, 0.3) is 11.8 Å². The van der Waals surface area contributed by atoms with Crippen molar-refractivity contribution in [1.29, 1.82) is 0 Å². The van der Waals surface area contributed by atoms with E-state index < -0.39 is 5.82 Å². The van der Waals surface area contributed by atoms with Gasteiger partial charge in [0.2, 0.25) is 0 Å². The summed E-state index contributed by atoms with van der Waals surface area (Å²) in [6.07, 6.45) is 3.84. The summed E-state index contributed by atoms with van der Waals surface area (Å²) in [5.41, 5.74) is 0.895. The minimum absolute atomic E-state index is 0.0238. The van der Waals surface area contributed by atoms with Crippen LogP contribution in [0.25, 0.3) is 11.1 Å². The van der Waals surface area contributed by atoms with Gasteiger partial charge in [-0.15, -0.1) is 0 Å². The quantitative estimate of drug-likeness (QED) is 0.320. The Hall–Kier alpha value is -2.92. The van der Waals surface area contributed by atoms with Gasteiger partial charge in [-0.2, -0.15) is 0 Å². The zero-order valence-electron chi connectivity index (χ0n) is 25.5. The molecule has 2 aromatic carbocycles. The van der Waals surface area contributed by atoms with Crippen LogP contribution in [0.15, 0.2) is 24.3 Å². The monoisotopic (exact) mass is 619 g/mol. The second-order valence-corrected chi connectivity index (χ2v) is 11.6. The summed E-state index contributed by atoms with van der Waals surface area (Å²) in [5, 5.41) is 6.55. The van der Waals surface area contributed by atoms with Crippen molar-refractivity contribution >= 4 is 23.4 Å². The molecule has 1 atom stereocenters. The molecule has 11 heteroatoms. The van der Waals surface area contributed by atoms with Crippen LogP contribution >= 0.6 is 11.6 Å². The normalized spacial score (nSPS) is 17.5. The first-order chi connectivity index (χ1) is 20.7. The smallest absolute Gasteiger partial charge is 0.256 e. The third-order valence-electron chi connectivity index (χ3n) is 7.87. The van der Waals surface area contributed by atoms with E-state index in [-0.39, 0.29) is 69.8 Å². The molecule has 4 rings (SSSR count). The van der Waals surface area contributed by atoms with Crippen LogP contribution < -0.4 is 20.1 Å². The minimum Gasteiger partial charge on any atom is -0.494 e. The number of carbonyl (C=O) groups excluding carboxylic acids is 2. The van der Waals surface area contributed by atoms with E-state index in [0.717, 1.165) is 19.4 Å². The summed E-state index contributed by atoms with van der Waals surface area (Å²) in [6.45, 7) is 7.46. The molecule has 0 bridgehead atoms. The number of rotatable bonds is 12. The highest BCUT2D eigenvalue weighted by molar-refractivity contribution is 6.34. The Morgan fingerprint density at radius 3 is 2.51 bits per heavy atom. The lowest BCUT2D eigenvalue weighted by Gasteiger charge is -2.38. The van der Waals surface area contributed by atoms with E-state index in [2.05, 4.69) is 10.6 Å². The molecule has 43 heavy (non-hydrogen) atoms. The van der Waals surface area contributed by atoms with E-state index in [1.54, 1.807) is 13.2 Å². The molecule has 2 aliphatic rings. The summed E-state index contributed by atoms with van der Waals surface area (Å²) in [6, 6.07) is 5.89. The van der Waals surface area contributed by atoms with Crippen LogP contribution in [0.4, 0.5) is 4.39 Å². The van der Waals surface area contributed by atoms with Gasteiger partial charge < -0.3 is 34.5 Å². The molecule has 2 amide bonds. The maximum Gasteiger partial charge on any atom is 0.256 e. The Kier molecular flexibility index (Phi) is 12.0. The summed E-state index contributed by atoms with van der Waals surface area (Å²) >= 11 is 6.79. The Morgan fingerprint density at radius 2 is 1.86 bits per heavy atom. The summed E-state index contributed by atoms with van der Waals surface area (Å²) in [4.78, 5) is 29.1.